The normalized spacial score (nSPS) is 36.6. The Bertz CT molecular complexity index is 343. The molecule has 3 N–H and O–H groups in total. The molecule has 2 aliphatic heterocycles. The summed E-state index contributed by atoms with van der Waals surface area (Å²) in [5, 5.41) is 9.18. The van der Waals surface area contributed by atoms with E-state index in [0.29, 0.717) is 36.9 Å². The van der Waals surface area contributed by atoms with Crippen LogP contribution in [0.1, 0.15) is 19.3 Å². The number of likely N-dealkylation sites (tertiary alicyclic amines) is 1. The number of hydrogen-bond acceptors (Lipinski definition) is 5. The first-order chi connectivity index (χ1) is 7.44. The first-order valence-corrected chi connectivity index (χ1v) is 7.60. The van der Waals surface area contributed by atoms with Gasteiger partial charge in [-0.25, -0.2) is 8.42 Å². The van der Waals surface area contributed by atoms with Crippen LogP contribution in [0, 0.1) is 0 Å². The molecule has 6 heteroatoms. The summed E-state index contributed by atoms with van der Waals surface area (Å²) in [5.74, 6) is 0.593. The smallest absolute Gasteiger partial charge is 0.150 e. The van der Waals surface area contributed by atoms with Crippen molar-refractivity contribution in [3.05, 3.63) is 0 Å². The Kier molecular flexibility index (Phi) is 3.27. The zero-order valence-electron chi connectivity index (χ0n) is 9.43. The number of nitrogens with zero attached hydrogens (tertiary/aromatic N) is 1. The lowest BCUT2D eigenvalue weighted by molar-refractivity contribution is 0.171. The average molecular weight is 248 g/mol. The fourth-order valence-corrected chi connectivity index (χ4v) is 4.08. The van der Waals surface area contributed by atoms with Gasteiger partial charge >= 0.3 is 0 Å². The van der Waals surface area contributed by atoms with Crippen molar-refractivity contribution in [1.82, 2.24) is 4.90 Å². The zero-order chi connectivity index (χ0) is 11.8. The van der Waals surface area contributed by atoms with Gasteiger partial charge in [0.1, 0.15) is 9.84 Å². The molecule has 2 heterocycles. The minimum Gasteiger partial charge on any atom is -0.394 e. The number of aliphatic hydroxyl groups excluding tert-OH is 1. The number of sulfone groups is 1. The van der Waals surface area contributed by atoms with Crippen molar-refractivity contribution in [3.8, 4) is 0 Å². The SMILES string of the molecule is NC1(CO)CCN(C2CCS(=O)(=O)CC2)C1. The Balaban J connectivity index is 1.92. The summed E-state index contributed by atoms with van der Waals surface area (Å²) in [6.45, 7) is 1.57. The number of aliphatic hydroxyl groups is 1. The largest absolute Gasteiger partial charge is 0.394 e. The Morgan fingerprint density at radius 2 is 2.00 bits per heavy atom. The van der Waals surface area contributed by atoms with Crippen LogP contribution in [-0.4, -0.2) is 61.2 Å². The predicted molar refractivity (Wildman–Crippen MR) is 61.9 cm³/mol. The fourth-order valence-electron chi connectivity index (χ4n) is 2.61. The third-order valence-corrected chi connectivity index (χ3v) is 5.49. The minimum absolute atomic E-state index is 0.00845. The molecule has 5 nitrogen and oxygen atoms in total. The fraction of sp³-hybridized carbons (Fsp3) is 1.00. The molecule has 1 atom stereocenters. The molecule has 0 aromatic carbocycles. The molecule has 0 aromatic rings. The van der Waals surface area contributed by atoms with Gasteiger partial charge in [0.05, 0.1) is 23.7 Å². The lowest BCUT2D eigenvalue weighted by atomic mass is 10.0. The summed E-state index contributed by atoms with van der Waals surface area (Å²) in [7, 11) is -2.79. The van der Waals surface area contributed by atoms with E-state index in [-0.39, 0.29) is 6.61 Å². The van der Waals surface area contributed by atoms with Crippen molar-refractivity contribution in [2.45, 2.75) is 30.8 Å². The second-order valence-electron chi connectivity index (χ2n) is 5.12. The standard InChI is InChI=1S/C10H20N2O3S/c11-10(8-13)3-4-12(7-10)9-1-5-16(14,15)6-2-9/h9,13H,1-8,11H2. The van der Waals surface area contributed by atoms with Crippen LogP contribution in [0.5, 0.6) is 0 Å². The third kappa shape index (κ3) is 2.56. The Morgan fingerprint density at radius 1 is 1.38 bits per heavy atom. The van der Waals surface area contributed by atoms with E-state index in [4.69, 9.17) is 5.73 Å². The van der Waals surface area contributed by atoms with Crippen molar-refractivity contribution >= 4 is 9.84 Å². The molecule has 16 heavy (non-hydrogen) atoms. The molecule has 94 valence electrons. The molecule has 0 aliphatic carbocycles. The van der Waals surface area contributed by atoms with Crippen LogP contribution in [0.25, 0.3) is 0 Å². The van der Waals surface area contributed by atoms with Gasteiger partial charge in [-0.3, -0.25) is 4.90 Å². The topological polar surface area (TPSA) is 83.6 Å². The monoisotopic (exact) mass is 248 g/mol. The highest BCUT2D eigenvalue weighted by atomic mass is 32.2. The number of hydrogen-bond donors (Lipinski definition) is 2. The molecule has 0 amide bonds. The van der Waals surface area contributed by atoms with E-state index in [1.54, 1.807) is 0 Å². The van der Waals surface area contributed by atoms with Crippen LogP contribution >= 0.6 is 0 Å². The molecule has 2 rings (SSSR count). The Hall–Kier alpha value is -0.170. The maximum Gasteiger partial charge on any atom is 0.150 e. The quantitative estimate of drug-likeness (QED) is 0.652. The van der Waals surface area contributed by atoms with Crippen molar-refractivity contribution in [3.63, 3.8) is 0 Å². The molecule has 0 aromatic heterocycles. The van der Waals surface area contributed by atoms with Crippen LogP contribution in [0.4, 0.5) is 0 Å². The molecule has 2 saturated heterocycles. The Morgan fingerprint density at radius 3 is 2.50 bits per heavy atom. The van der Waals surface area contributed by atoms with Gasteiger partial charge in [-0.05, 0) is 19.3 Å². The minimum atomic E-state index is -2.79. The van der Waals surface area contributed by atoms with Crippen LogP contribution in [-0.2, 0) is 9.84 Å². The summed E-state index contributed by atoms with van der Waals surface area (Å²) >= 11 is 0. The second-order valence-corrected chi connectivity index (χ2v) is 7.43. The average Bonchev–Trinajstić information content (AvgIpc) is 2.62. The first kappa shape index (κ1) is 12.3. The van der Waals surface area contributed by atoms with Crippen molar-refractivity contribution < 1.29 is 13.5 Å². The number of nitrogens with two attached hydrogens (primary N) is 1. The molecule has 1 unspecified atom stereocenters. The molecular weight excluding hydrogens is 228 g/mol. The second kappa shape index (κ2) is 4.25. The van der Waals surface area contributed by atoms with E-state index < -0.39 is 15.4 Å². The summed E-state index contributed by atoms with van der Waals surface area (Å²) in [5.41, 5.74) is 5.52. The maximum absolute atomic E-state index is 11.3. The summed E-state index contributed by atoms with van der Waals surface area (Å²) < 4.78 is 22.6. The predicted octanol–water partition coefficient (Wildman–Crippen LogP) is -1.04. The van der Waals surface area contributed by atoms with E-state index in [0.717, 1.165) is 13.0 Å². The molecular formula is C10H20N2O3S. The van der Waals surface area contributed by atoms with Gasteiger partial charge in [-0.1, -0.05) is 0 Å². The molecule has 2 aliphatic rings. The lowest BCUT2D eigenvalue weighted by Gasteiger charge is -2.32. The van der Waals surface area contributed by atoms with E-state index in [1.807, 2.05) is 0 Å². The molecule has 0 saturated carbocycles. The summed E-state index contributed by atoms with van der Waals surface area (Å²) in [6.07, 6.45) is 2.22. The van der Waals surface area contributed by atoms with E-state index in [9.17, 15) is 13.5 Å². The van der Waals surface area contributed by atoms with Gasteiger partial charge in [0, 0.05) is 19.1 Å². The van der Waals surface area contributed by atoms with Gasteiger partial charge in [0.2, 0.25) is 0 Å². The highest BCUT2D eigenvalue weighted by Crippen LogP contribution is 2.25. The number of rotatable bonds is 2. The molecule has 2 fully saturated rings. The van der Waals surface area contributed by atoms with Crippen molar-refractivity contribution in [2.75, 3.05) is 31.2 Å². The maximum atomic E-state index is 11.3. The van der Waals surface area contributed by atoms with Crippen molar-refractivity contribution in [1.29, 1.82) is 0 Å². The van der Waals surface area contributed by atoms with Crippen LogP contribution in [0.3, 0.4) is 0 Å². The highest BCUT2D eigenvalue weighted by Gasteiger charge is 2.38. The van der Waals surface area contributed by atoms with Gasteiger partial charge in [0.15, 0.2) is 0 Å². The third-order valence-electron chi connectivity index (χ3n) is 3.77. The highest BCUT2D eigenvalue weighted by molar-refractivity contribution is 7.91. The Labute approximate surface area is 96.5 Å². The van der Waals surface area contributed by atoms with E-state index >= 15 is 0 Å². The zero-order valence-corrected chi connectivity index (χ0v) is 10.2. The van der Waals surface area contributed by atoms with Crippen molar-refractivity contribution in [2.24, 2.45) is 5.73 Å². The van der Waals surface area contributed by atoms with Crippen LogP contribution in [0.15, 0.2) is 0 Å². The van der Waals surface area contributed by atoms with Gasteiger partial charge in [-0.2, -0.15) is 0 Å². The first-order valence-electron chi connectivity index (χ1n) is 5.78. The molecule has 0 spiro atoms. The van der Waals surface area contributed by atoms with Crippen LogP contribution < -0.4 is 5.73 Å². The van der Waals surface area contributed by atoms with Gasteiger partial charge in [0.25, 0.3) is 0 Å². The van der Waals surface area contributed by atoms with Gasteiger partial charge in [-0.15, -0.1) is 0 Å². The molecule has 0 bridgehead atoms. The summed E-state index contributed by atoms with van der Waals surface area (Å²) in [4.78, 5) is 2.24. The van der Waals surface area contributed by atoms with E-state index in [2.05, 4.69) is 4.90 Å². The van der Waals surface area contributed by atoms with E-state index in [1.165, 1.54) is 0 Å². The van der Waals surface area contributed by atoms with Crippen LogP contribution in [0.2, 0.25) is 0 Å². The molecule has 0 radical (unpaired) electrons. The lowest BCUT2D eigenvalue weighted by Crippen LogP contribution is -2.48. The van der Waals surface area contributed by atoms with Gasteiger partial charge < -0.3 is 10.8 Å². The summed E-state index contributed by atoms with van der Waals surface area (Å²) in [6, 6.07) is 0.334.